The van der Waals surface area contributed by atoms with Crippen molar-refractivity contribution in [3.63, 3.8) is 0 Å². The van der Waals surface area contributed by atoms with Crippen LogP contribution >= 0.6 is 15.9 Å². The molecule has 364 valence electrons. The summed E-state index contributed by atoms with van der Waals surface area (Å²) in [6, 6.07) is 77.4. The monoisotopic (exact) mass is 1050 g/mol. The molecule has 0 N–H and O–H groups in total. The molecule has 0 bridgehead atoms. The summed E-state index contributed by atoms with van der Waals surface area (Å²) in [6.07, 6.45) is 16.3. The molecule has 7 heterocycles. The van der Waals surface area contributed by atoms with Crippen LogP contribution in [0.5, 0.6) is 0 Å². The Bertz CT molecular complexity index is 4660. The van der Waals surface area contributed by atoms with Gasteiger partial charge in [0, 0.05) is 93.6 Å². The lowest BCUT2D eigenvalue weighted by molar-refractivity contribution is 1.08. The molecule has 0 fully saturated rings. The van der Waals surface area contributed by atoms with Crippen molar-refractivity contribution in [3.05, 3.63) is 284 Å². The molecule has 0 atom stereocenters. The van der Waals surface area contributed by atoms with Gasteiger partial charge < -0.3 is 9.13 Å². The number of nitrogens with zero attached hydrogens (tertiary/aromatic N) is 7. The quantitative estimate of drug-likeness (QED) is 0.161. The highest BCUT2D eigenvalue weighted by Gasteiger charge is 2.23. The summed E-state index contributed by atoms with van der Waals surface area (Å²) in [7, 11) is 0. The lowest BCUT2D eigenvalue weighted by Crippen LogP contribution is -1.98. The largest absolute Gasteiger partial charge is 0.317 e. The fraction of sp³-hybridized carbons (Fsp3) is 0.0145. The average molecular weight is 1050 g/mol. The van der Waals surface area contributed by atoms with Crippen LogP contribution in [0.1, 0.15) is 11.1 Å². The predicted molar refractivity (Wildman–Crippen MR) is 320 cm³/mol. The molecule has 8 heteroatoms. The van der Waals surface area contributed by atoms with E-state index >= 15 is 0 Å². The summed E-state index contributed by atoms with van der Waals surface area (Å²) in [4.78, 5) is 17.3. The second kappa shape index (κ2) is 19.5. The Morgan fingerprint density at radius 1 is 0.377 bits per heavy atom. The van der Waals surface area contributed by atoms with E-state index in [1.54, 1.807) is 18.6 Å². The topological polar surface area (TPSA) is 66.3 Å². The van der Waals surface area contributed by atoms with Gasteiger partial charge in [-0.1, -0.05) is 115 Å². The molecule has 1 aliphatic carbocycles. The van der Waals surface area contributed by atoms with Gasteiger partial charge in [0.1, 0.15) is 10.4 Å². The highest BCUT2D eigenvalue weighted by atomic mass is 79.9. The number of aromatic nitrogens is 7. The van der Waals surface area contributed by atoms with Gasteiger partial charge in [-0.3, -0.25) is 14.5 Å². The van der Waals surface area contributed by atoms with Gasteiger partial charge >= 0.3 is 0 Å². The zero-order valence-corrected chi connectivity index (χ0v) is 43.2. The van der Waals surface area contributed by atoms with Crippen molar-refractivity contribution in [3.8, 4) is 50.6 Å². The Morgan fingerprint density at radius 2 is 0.974 bits per heavy atom. The maximum atomic E-state index is 4.87. The molecule has 7 nitrogen and oxygen atoms in total. The third-order valence-electron chi connectivity index (χ3n) is 14.8. The van der Waals surface area contributed by atoms with E-state index in [1.165, 1.54) is 82.1 Å². The Balaban J connectivity index is 0.000000119. The molecule has 7 aromatic heterocycles. The molecule has 77 heavy (non-hydrogen) atoms. The molecule has 0 aliphatic heterocycles. The minimum atomic E-state index is 0.842. The zero-order chi connectivity index (χ0) is 51.2. The molecule has 1 aliphatic rings. The molecule has 0 saturated carbocycles. The van der Waals surface area contributed by atoms with Gasteiger partial charge in [-0.2, -0.15) is 0 Å². The van der Waals surface area contributed by atoms with Crippen molar-refractivity contribution in [1.82, 2.24) is 33.6 Å². The number of hydrogen-bond donors (Lipinski definition) is 0. The summed E-state index contributed by atoms with van der Waals surface area (Å²) >= 11 is 3.33. The van der Waals surface area contributed by atoms with E-state index in [9.17, 15) is 0 Å². The second-order valence-electron chi connectivity index (χ2n) is 19.3. The van der Waals surface area contributed by atoms with Crippen LogP contribution in [0.3, 0.4) is 0 Å². The highest BCUT2D eigenvalue weighted by molar-refractivity contribution is 9.10. The second-order valence-corrected chi connectivity index (χ2v) is 20.1. The first kappa shape index (κ1) is 45.8. The van der Waals surface area contributed by atoms with E-state index in [0.29, 0.717) is 0 Å². The van der Waals surface area contributed by atoms with E-state index in [1.807, 2.05) is 55.0 Å². The molecule has 0 radical (unpaired) electrons. The van der Waals surface area contributed by atoms with Crippen molar-refractivity contribution in [1.29, 1.82) is 0 Å². The number of benzene rings is 8. The van der Waals surface area contributed by atoms with Crippen molar-refractivity contribution in [2.75, 3.05) is 0 Å². The van der Waals surface area contributed by atoms with Gasteiger partial charge in [-0.15, -0.1) is 0 Å². The van der Waals surface area contributed by atoms with Crippen molar-refractivity contribution in [2.24, 2.45) is 0 Å². The SMILES string of the molecule is Brc1cc(-c2cccnc2)ccn1.c1ccc(-n2ccc3cc4c(cc32)Cc2ccc3ccccc3c2-4)cc1.c1ccc(-n2ccc3cc4c5c6ccccc6ccc5n(-c5cc(-c6cccnc6)ccn5)c4cc32)cc1. The molecule has 8 aromatic carbocycles. The van der Waals surface area contributed by atoms with Gasteiger partial charge in [0.2, 0.25) is 0 Å². The van der Waals surface area contributed by atoms with E-state index in [0.717, 1.165) is 55.8 Å². The third-order valence-corrected chi connectivity index (χ3v) is 15.2. The lowest BCUT2D eigenvalue weighted by Gasteiger charge is -2.10. The number of pyridine rings is 4. The summed E-state index contributed by atoms with van der Waals surface area (Å²) in [6.45, 7) is 0. The Labute approximate surface area is 452 Å². The van der Waals surface area contributed by atoms with Gasteiger partial charge in [0.15, 0.2) is 0 Å². The Hall–Kier alpha value is -9.76. The fourth-order valence-electron chi connectivity index (χ4n) is 11.3. The van der Waals surface area contributed by atoms with E-state index < -0.39 is 0 Å². The first-order valence-corrected chi connectivity index (χ1v) is 26.5. The molecule has 0 unspecified atom stereocenters. The van der Waals surface area contributed by atoms with E-state index in [2.05, 4.69) is 239 Å². The molecule has 0 spiro atoms. The van der Waals surface area contributed by atoms with Crippen LogP contribution in [0.4, 0.5) is 0 Å². The van der Waals surface area contributed by atoms with Gasteiger partial charge in [0.25, 0.3) is 0 Å². The predicted octanol–water partition coefficient (Wildman–Crippen LogP) is 17.6. The van der Waals surface area contributed by atoms with Gasteiger partial charge in [0.05, 0.1) is 22.1 Å². The van der Waals surface area contributed by atoms with Crippen LogP contribution in [-0.2, 0) is 6.42 Å². The maximum Gasteiger partial charge on any atom is 0.138 e. The normalized spacial score (nSPS) is 11.6. The third kappa shape index (κ3) is 8.41. The first-order chi connectivity index (χ1) is 38.1. The van der Waals surface area contributed by atoms with Gasteiger partial charge in [-0.25, -0.2) is 9.97 Å². The minimum Gasteiger partial charge on any atom is -0.317 e. The minimum absolute atomic E-state index is 0.842. The van der Waals surface area contributed by atoms with Crippen LogP contribution in [0.15, 0.2) is 273 Å². The molecule has 0 saturated heterocycles. The number of fused-ring (bicyclic) bond motifs is 12. The van der Waals surface area contributed by atoms with Crippen LogP contribution in [0.2, 0.25) is 0 Å². The molecule has 16 rings (SSSR count). The molecular weight excluding hydrogens is 1010 g/mol. The number of hydrogen-bond acceptors (Lipinski definition) is 4. The molecular formula is C69H46BrN7. The van der Waals surface area contributed by atoms with Crippen LogP contribution in [-0.4, -0.2) is 33.6 Å². The average Bonchev–Trinajstić information content (AvgIpc) is 4.45. The van der Waals surface area contributed by atoms with Crippen molar-refractivity contribution >= 4 is 81.1 Å². The lowest BCUT2D eigenvalue weighted by atomic mass is 9.97. The number of para-hydroxylation sites is 2. The summed E-state index contributed by atoms with van der Waals surface area (Å²) in [5.41, 5.74) is 17.2. The Kier molecular flexibility index (Phi) is 11.6. The number of rotatable bonds is 5. The smallest absolute Gasteiger partial charge is 0.138 e. The molecule has 15 aromatic rings. The first-order valence-electron chi connectivity index (χ1n) is 25.7. The highest BCUT2D eigenvalue weighted by Crippen LogP contribution is 2.44. The summed E-state index contributed by atoms with van der Waals surface area (Å²) in [5.74, 6) is 0.888. The van der Waals surface area contributed by atoms with Crippen LogP contribution in [0.25, 0.3) is 116 Å². The van der Waals surface area contributed by atoms with Crippen molar-refractivity contribution in [2.45, 2.75) is 6.42 Å². The van der Waals surface area contributed by atoms with Crippen LogP contribution < -0.4 is 0 Å². The van der Waals surface area contributed by atoms with Crippen LogP contribution in [0, 0.1) is 0 Å². The summed E-state index contributed by atoms with van der Waals surface area (Å²) in [5, 5.41) is 10.2. The maximum absolute atomic E-state index is 4.87. The van der Waals surface area contributed by atoms with E-state index in [4.69, 9.17) is 4.98 Å². The summed E-state index contributed by atoms with van der Waals surface area (Å²) < 4.78 is 7.69. The Morgan fingerprint density at radius 3 is 1.65 bits per heavy atom. The zero-order valence-electron chi connectivity index (χ0n) is 41.6. The standard InChI is InChI=1S/C34H22N4.C25H17N.C10H7BrN2/c1-2-9-27(10-3-1)37-18-15-25-19-29-32(21-31(25)37)38(30-13-12-23-7-4-5-11-28(23)34(29)30)33-20-24(14-17-36-33)26-8-6-16-35-22-26;1-2-7-21(8-3-1)26-13-12-18-15-23-20(16-24(18)26)14-19-11-10-17-6-4-5-9-22(17)25(19)23;11-10-6-8(3-5-13-10)9-2-1-4-12-7-9/h1-22H;1-13,15-16H,14H2;1-7H. The fourth-order valence-corrected chi connectivity index (χ4v) is 11.6. The van der Waals surface area contributed by atoms with Gasteiger partial charge in [-0.05, 0) is 180 Å². The molecule has 0 amide bonds. The van der Waals surface area contributed by atoms with E-state index in [-0.39, 0.29) is 0 Å². The number of halogens is 1. The van der Waals surface area contributed by atoms with Crippen molar-refractivity contribution < 1.29 is 0 Å².